The molecule has 3 rings (SSSR count). The Hall–Kier alpha value is -3.37. The summed E-state index contributed by atoms with van der Waals surface area (Å²) in [6, 6.07) is 18.0. The lowest BCUT2D eigenvalue weighted by atomic mass is 10.1. The van der Waals surface area contributed by atoms with E-state index in [9.17, 15) is 9.90 Å². The molecule has 2 aromatic carbocycles. The molecule has 0 saturated carbocycles. The van der Waals surface area contributed by atoms with Crippen molar-refractivity contribution in [3.8, 4) is 21.9 Å². The standard InChI is InChI=1S/C25H22O3S/c1-3-7-18(8-4-2)17-28-22-12-6-9-19(16-22)23-13-14-24(29-23)25(27)20-10-5-11-21(26)15-20/h3-16,26H,1,17H2,2H3. The summed E-state index contributed by atoms with van der Waals surface area (Å²) in [6.45, 7) is 6.14. The smallest absolute Gasteiger partial charge is 0.203 e. The van der Waals surface area contributed by atoms with Crippen LogP contribution in [0.1, 0.15) is 22.2 Å². The maximum Gasteiger partial charge on any atom is 0.203 e. The monoisotopic (exact) mass is 402 g/mol. The highest BCUT2D eigenvalue weighted by Gasteiger charge is 2.13. The lowest BCUT2D eigenvalue weighted by molar-refractivity contribution is 0.104. The van der Waals surface area contributed by atoms with Crippen LogP contribution in [0.4, 0.5) is 0 Å². The molecule has 0 atom stereocenters. The molecule has 3 nitrogen and oxygen atoms in total. The maximum atomic E-state index is 12.7. The van der Waals surface area contributed by atoms with E-state index in [1.54, 1.807) is 24.3 Å². The number of ketones is 1. The number of rotatable bonds is 8. The molecular weight excluding hydrogens is 380 g/mol. The highest BCUT2D eigenvalue weighted by molar-refractivity contribution is 7.17. The van der Waals surface area contributed by atoms with Crippen LogP contribution >= 0.6 is 11.3 Å². The molecule has 0 saturated heterocycles. The van der Waals surface area contributed by atoms with E-state index < -0.39 is 0 Å². The van der Waals surface area contributed by atoms with Crippen LogP contribution in [-0.2, 0) is 0 Å². The van der Waals surface area contributed by atoms with Crippen molar-refractivity contribution in [2.75, 3.05) is 6.61 Å². The summed E-state index contributed by atoms with van der Waals surface area (Å²) in [5.41, 5.74) is 2.49. The molecule has 0 spiro atoms. The second-order valence-corrected chi connectivity index (χ2v) is 7.42. The Morgan fingerprint density at radius 2 is 1.97 bits per heavy atom. The van der Waals surface area contributed by atoms with Crippen molar-refractivity contribution in [2.45, 2.75) is 6.92 Å². The van der Waals surface area contributed by atoms with E-state index in [0.29, 0.717) is 17.0 Å². The number of carbonyl (C=O) groups excluding carboxylic acids is 1. The molecule has 0 amide bonds. The van der Waals surface area contributed by atoms with Gasteiger partial charge in [-0.05, 0) is 54.5 Å². The van der Waals surface area contributed by atoms with E-state index in [1.165, 1.54) is 17.4 Å². The number of phenols is 1. The Kier molecular flexibility index (Phi) is 6.82. The molecule has 0 aliphatic carbocycles. The van der Waals surface area contributed by atoms with Crippen LogP contribution in [0.15, 0.2) is 97.1 Å². The molecule has 0 bridgehead atoms. The van der Waals surface area contributed by atoms with Gasteiger partial charge in [-0.1, -0.05) is 55.1 Å². The van der Waals surface area contributed by atoms with Crippen molar-refractivity contribution in [3.05, 3.63) is 108 Å². The summed E-state index contributed by atoms with van der Waals surface area (Å²) in [6.07, 6.45) is 7.62. The van der Waals surface area contributed by atoms with Crippen LogP contribution in [0.2, 0.25) is 0 Å². The molecular formula is C25H22O3S. The third kappa shape index (κ3) is 5.33. The average molecular weight is 403 g/mol. The molecule has 0 fully saturated rings. The lowest BCUT2D eigenvalue weighted by Gasteiger charge is -2.08. The fourth-order valence-electron chi connectivity index (χ4n) is 2.83. The van der Waals surface area contributed by atoms with Gasteiger partial charge in [-0.25, -0.2) is 0 Å². The van der Waals surface area contributed by atoms with Crippen LogP contribution in [0.3, 0.4) is 0 Å². The number of benzene rings is 2. The predicted octanol–water partition coefficient (Wildman–Crippen LogP) is 6.42. The summed E-state index contributed by atoms with van der Waals surface area (Å²) in [7, 11) is 0. The van der Waals surface area contributed by atoms with E-state index >= 15 is 0 Å². The molecule has 3 aromatic rings. The van der Waals surface area contributed by atoms with Crippen molar-refractivity contribution in [3.63, 3.8) is 0 Å². The fraction of sp³-hybridized carbons (Fsp3) is 0.0800. The van der Waals surface area contributed by atoms with Gasteiger partial charge >= 0.3 is 0 Å². The second-order valence-electron chi connectivity index (χ2n) is 6.34. The largest absolute Gasteiger partial charge is 0.508 e. The molecule has 4 heteroatoms. The number of phenolic OH excluding ortho intramolecular Hbond substituents is 1. The lowest BCUT2D eigenvalue weighted by Crippen LogP contribution is -1.99. The van der Waals surface area contributed by atoms with Crippen molar-refractivity contribution >= 4 is 17.1 Å². The van der Waals surface area contributed by atoms with E-state index in [4.69, 9.17) is 4.74 Å². The summed E-state index contributed by atoms with van der Waals surface area (Å²) in [5, 5.41) is 9.60. The van der Waals surface area contributed by atoms with E-state index in [-0.39, 0.29) is 11.5 Å². The Bertz CT molecular complexity index is 1070. The van der Waals surface area contributed by atoms with Gasteiger partial charge in [-0.2, -0.15) is 0 Å². The van der Waals surface area contributed by atoms with Crippen molar-refractivity contribution in [1.29, 1.82) is 0 Å². The first-order valence-electron chi connectivity index (χ1n) is 9.22. The summed E-state index contributed by atoms with van der Waals surface area (Å²) >= 11 is 1.42. The molecule has 0 radical (unpaired) electrons. The zero-order valence-corrected chi connectivity index (χ0v) is 17.0. The molecule has 146 valence electrons. The first kappa shape index (κ1) is 20.4. The van der Waals surface area contributed by atoms with Crippen LogP contribution in [0, 0.1) is 0 Å². The van der Waals surface area contributed by atoms with Gasteiger partial charge in [0.15, 0.2) is 0 Å². The Morgan fingerprint density at radius 3 is 2.72 bits per heavy atom. The van der Waals surface area contributed by atoms with Gasteiger partial charge in [0.25, 0.3) is 0 Å². The summed E-state index contributed by atoms with van der Waals surface area (Å²) in [5.74, 6) is 0.742. The van der Waals surface area contributed by atoms with E-state index in [0.717, 1.165) is 21.8 Å². The minimum Gasteiger partial charge on any atom is -0.508 e. The van der Waals surface area contributed by atoms with Gasteiger partial charge in [0.05, 0.1) is 4.88 Å². The summed E-state index contributed by atoms with van der Waals surface area (Å²) in [4.78, 5) is 14.3. The molecule has 0 aliphatic heterocycles. The highest BCUT2D eigenvalue weighted by Crippen LogP contribution is 2.32. The Balaban J connectivity index is 1.77. The highest BCUT2D eigenvalue weighted by atomic mass is 32.1. The number of allylic oxidation sites excluding steroid dienone is 3. The minimum atomic E-state index is -0.102. The van der Waals surface area contributed by atoms with Crippen LogP contribution in [0.5, 0.6) is 11.5 Å². The number of ether oxygens (including phenoxy) is 1. The molecule has 1 heterocycles. The van der Waals surface area contributed by atoms with Gasteiger partial charge in [-0.3, -0.25) is 4.79 Å². The van der Waals surface area contributed by atoms with Gasteiger partial charge in [0, 0.05) is 10.4 Å². The Morgan fingerprint density at radius 1 is 1.14 bits per heavy atom. The van der Waals surface area contributed by atoms with Crippen molar-refractivity contribution < 1.29 is 14.6 Å². The molecule has 29 heavy (non-hydrogen) atoms. The number of carbonyl (C=O) groups is 1. The van der Waals surface area contributed by atoms with Crippen LogP contribution < -0.4 is 4.74 Å². The van der Waals surface area contributed by atoms with Crippen LogP contribution in [0.25, 0.3) is 10.4 Å². The average Bonchev–Trinajstić information content (AvgIpc) is 3.22. The molecule has 0 aliphatic rings. The van der Waals surface area contributed by atoms with Gasteiger partial charge in [-0.15, -0.1) is 11.3 Å². The molecule has 0 unspecified atom stereocenters. The second kappa shape index (κ2) is 9.71. The topological polar surface area (TPSA) is 46.5 Å². The van der Waals surface area contributed by atoms with Gasteiger partial charge in [0.2, 0.25) is 5.78 Å². The number of hydrogen-bond acceptors (Lipinski definition) is 4. The van der Waals surface area contributed by atoms with E-state index in [1.807, 2.05) is 61.5 Å². The molecule has 1 N–H and O–H groups in total. The first-order chi connectivity index (χ1) is 14.1. The number of aromatic hydroxyl groups is 1. The predicted molar refractivity (Wildman–Crippen MR) is 120 cm³/mol. The zero-order chi connectivity index (χ0) is 20.6. The van der Waals surface area contributed by atoms with Crippen molar-refractivity contribution in [1.82, 2.24) is 0 Å². The number of thiophene rings is 1. The summed E-state index contributed by atoms with van der Waals surface area (Å²) < 4.78 is 5.91. The van der Waals surface area contributed by atoms with Gasteiger partial charge in [0.1, 0.15) is 18.1 Å². The Labute approximate surface area is 174 Å². The maximum absolute atomic E-state index is 12.7. The number of hydrogen-bond donors (Lipinski definition) is 1. The minimum absolute atomic E-state index is 0.0836. The third-order valence-electron chi connectivity index (χ3n) is 4.17. The zero-order valence-electron chi connectivity index (χ0n) is 16.2. The van der Waals surface area contributed by atoms with Crippen molar-refractivity contribution in [2.24, 2.45) is 0 Å². The first-order valence-corrected chi connectivity index (χ1v) is 10.0. The fourth-order valence-corrected chi connectivity index (χ4v) is 3.79. The normalized spacial score (nSPS) is 11.6. The quantitative estimate of drug-likeness (QED) is 0.349. The SMILES string of the molecule is C=CC=C(C=CC)COc1cccc(-c2ccc(C(=O)c3cccc(O)c3)s2)c1. The van der Waals surface area contributed by atoms with E-state index in [2.05, 4.69) is 6.58 Å². The third-order valence-corrected chi connectivity index (χ3v) is 5.31. The van der Waals surface area contributed by atoms with Crippen LogP contribution in [-0.4, -0.2) is 17.5 Å². The molecule has 1 aromatic heterocycles. The van der Waals surface area contributed by atoms with Gasteiger partial charge < -0.3 is 9.84 Å².